The maximum absolute atomic E-state index is 12.7. The molecular formula is C33H42BrN3O5Si. The van der Waals surface area contributed by atoms with Crippen molar-refractivity contribution in [3.8, 4) is 0 Å². The SMILES string of the molecule is CC(C)(C)[Si](C)(C)O[C@@H]1O[C@H](COCc2ccccc2)[C@](O)(Cc2ccc(Br)cc2)[C@H](OCc2ccccc2)[C@H]1N=[N+]=[N-]. The first-order chi connectivity index (χ1) is 20.4. The first kappa shape index (κ1) is 33.4. The molecule has 230 valence electrons. The summed E-state index contributed by atoms with van der Waals surface area (Å²) in [5.74, 6) is 0. The van der Waals surface area contributed by atoms with Crippen molar-refractivity contribution in [2.75, 3.05) is 6.61 Å². The van der Waals surface area contributed by atoms with Crippen LogP contribution in [0.4, 0.5) is 0 Å². The Morgan fingerprint density at radius 3 is 2.07 bits per heavy atom. The number of hydrogen-bond donors (Lipinski definition) is 1. The molecule has 1 aliphatic rings. The van der Waals surface area contributed by atoms with E-state index in [0.717, 1.165) is 21.2 Å². The molecule has 8 nitrogen and oxygen atoms in total. The molecule has 1 fully saturated rings. The Kier molecular flexibility index (Phi) is 11.2. The van der Waals surface area contributed by atoms with E-state index in [1.165, 1.54) is 0 Å². The smallest absolute Gasteiger partial charge is 0.195 e. The van der Waals surface area contributed by atoms with Crippen LogP contribution in [-0.4, -0.2) is 50.2 Å². The van der Waals surface area contributed by atoms with Gasteiger partial charge in [0, 0.05) is 15.8 Å². The van der Waals surface area contributed by atoms with E-state index in [2.05, 4.69) is 59.8 Å². The van der Waals surface area contributed by atoms with Crippen molar-refractivity contribution in [3.05, 3.63) is 117 Å². The van der Waals surface area contributed by atoms with Gasteiger partial charge in [-0.1, -0.05) is 115 Å². The van der Waals surface area contributed by atoms with Gasteiger partial charge in [-0.15, -0.1) is 0 Å². The first-order valence-corrected chi connectivity index (χ1v) is 18.2. The van der Waals surface area contributed by atoms with Crippen molar-refractivity contribution < 1.29 is 23.7 Å². The Hall–Kier alpha value is -2.53. The van der Waals surface area contributed by atoms with Gasteiger partial charge in [-0.25, -0.2) is 0 Å². The molecule has 0 bridgehead atoms. The van der Waals surface area contributed by atoms with Crippen LogP contribution in [0.2, 0.25) is 18.1 Å². The lowest BCUT2D eigenvalue weighted by molar-refractivity contribution is -0.296. The molecule has 1 N–H and O–H groups in total. The Balaban J connectivity index is 1.74. The topological polar surface area (TPSA) is 106 Å². The zero-order valence-corrected chi connectivity index (χ0v) is 28.1. The van der Waals surface area contributed by atoms with Gasteiger partial charge in [0.05, 0.1) is 19.8 Å². The molecule has 10 heteroatoms. The van der Waals surface area contributed by atoms with Crippen molar-refractivity contribution in [2.24, 2.45) is 5.11 Å². The van der Waals surface area contributed by atoms with Gasteiger partial charge in [-0.2, -0.15) is 0 Å². The summed E-state index contributed by atoms with van der Waals surface area (Å²) in [6.45, 7) is 11.3. The minimum absolute atomic E-state index is 0.0769. The summed E-state index contributed by atoms with van der Waals surface area (Å²) in [4.78, 5) is 3.17. The third-order valence-electron chi connectivity index (χ3n) is 8.39. The van der Waals surface area contributed by atoms with Crippen LogP contribution in [0.3, 0.4) is 0 Å². The standard InChI is InChI=1S/C33H42BrN3O5Si/c1-32(2,3)43(4,5)42-31-29(36-37-35)30(40-22-26-14-10-7-11-15-26)33(38,20-24-16-18-27(34)19-17-24)28(41-31)23-39-21-25-12-8-6-9-13-25/h6-19,28-31,38H,20-23H2,1-5H3/t28-,29-,30-,31+,33-/m1/s1. The van der Waals surface area contributed by atoms with Crippen molar-refractivity contribution in [1.29, 1.82) is 0 Å². The van der Waals surface area contributed by atoms with Gasteiger partial charge in [-0.05, 0) is 52.5 Å². The number of hydrogen-bond acceptors (Lipinski definition) is 6. The van der Waals surface area contributed by atoms with Gasteiger partial charge in [-0.3, -0.25) is 0 Å². The van der Waals surface area contributed by atoms with Crippen LogP contribution in [0, 0.1) is 0 Å². The molecule has 5 atom stereocenters. The molecule has 0 spiro atoms. The van der Waals surface area contributed by atoms with Crippen LogP contribution in [0.15, 0.2) is 94.5 Å². The summed E-state index contributed by atoms with van der Waals surface area (Å²) in [5, 5.41) is 16.7. The van der Waals surface area contributed by atoms with Gasteiger partial charge in [0.2, 0.25) is 0 Å². The van der Waals surface area contributed by atoms with Crippen LogP contribution < -0.4 is 0 Å². The fourth-order valence-electron chi connectivity index (χ4n) is 4.91. The van der Waals surface area contributed by atoms with Gasteiger partial charge in [0.25, 0.3) is 0 Å². The first-order valence-electron chi connectivity index (χ1n) is 14.5. The van der Waals surface area contributed by atoms with Crippen molar-refractivity contribution in [3.63, 3.8) is 0 Å². The number of nitrogens with zero attached hydrogens (tertiary/aromatic N) is 3. The third kappa shape index (κ3) is 8.56. The van der Waals surface area contributed by atoms with Gasteiger partial charge < -0.3 is 23.7 Å². The van der Waals surface area contributed by atoms with Crippen LogP contribution >= 0.6 is 15.9 Å². The number of benzene rings is 3. The lowest BCUT2D eigenvalue weighted by atomic mass is 9.78. The molecule has 3 aromatic rings. The lowest BCUT2D eigenvalue weighted by Gasteiger charge is -2.52. The van der Waals surface area contributed by atoms with Crippen LogP contribution in [0.1, 0.15) is 37.5 Å². The number of halogens is 1. The van der Waals surface area contributed by atoms with E-state index in [4.69, 9.17) is 18.6 Å². The Labute approximate surface area is 264 Å². The average molecular weight is 669 g/mol. The Morgan fingerprint density at radius 1 is 0.930 bits per heavy atom. The fourth-order valence-corrected chi connectivity index (χ4v) is 6.30. The predicted octanol–water partition coefficient (Wildman–Crippen LogP) is 7.95. The second kappa shape index (κ2) is 14.5. The van der Waals surface area contributed by atoms with E-state index >= 15 is 0 Å². The molecule has 0 unspecified atom stereocenters. The maximum atomic E-state index is 12.7. The van der Waals surface area contributed by atoms with E-state index in [1.54, 1.807) is 0 Å². The molecule has 0 saturated carbocycles. The van der Waals surface area contributed by atoms with E-state index in [0.29, 0.717) is 6.61 Å². The molecule has 0 radical (unpaired) electrons. The molecule has 0 aromatic heterocycles. The summed E-state index contributed by atoms with van der Waals surface area (Å²) < 4.78 is 27.0. The minimum Gasteiger partial charge on any atom is -0.392 e. The van der Waals surface area contributed by atoms with Gasteiger partial charge in [0.1, 0.15) is 23.9 Å². The Morgan fingerprint density at radius 2 is 1.51 bits per heavy atom. The molecule has 1 heterocycles. The van der Waals surface area contributed by atoms with Gasteiger partial charge in [0.15, 0.2) is 14.6 Å². The average Bonchev–Trinajstić information content (AvgIpc) is 2.97. The number of ether oxygens (including phenoxy) is 3. The highest BCUT2D eigenvalue weighted by atomic mass is 79.9. The second-order valence-corrected chi connectivity index (χ2v) is 18.3. The van der Waals surface area contributed by atoms with E-state index in [9.17, 15) is 10.6 Å². The minimum atomic E-state index is -2.41. The molecule has 3 aromatic carbocycles. The zero-order chi connectivity index (χ0) is 31.1. The highest BCUT2D eigenvalue weighted by Crippen LogP contribution is 2.43. The number of aliphatic hydroxyl groups is 1. The highest BCUT2D eigenvalue weighted by Gasteiger charge is 2.58. The molecule has 1 aliphatic heterocycles. The van der Waals surface area contributed by atoms with E-state index < -0.39 is 38.5 Å². The van der Waals surface area contributed by atoms with Crippen LogP contribution in [0.25, 0.3) is 10.4 Å². The summed E-state index contributed by atoms with van der Waals surface area (Å²) in [6.07, 6.45) is -2.56. The molecule has 0 amide bonds. The monoisotopic (exact) mass is 667 g/mol. The third-order valence-corrected chi connectivity index (χ3v) is 13.4. The van der Waals surface area contributed by atoms with Crippen LogP contribution in [-0.2, 0) is 38.3 Å². The summed E-state index contributed by atoms with van der Waals surface area (Å²) in [6, 6.07) is 26.4. The molecule has 0 aliphatic carbocycles. The molecule has 1 saturated heterocycles. The maximum Gasteiger partial charge on any atom is 0.195 e. The van der Waals surface area contributed by atoms with Crippen molar-refractivity contribution >= 4 is 24.2 Å². The second-order valence-electron chi connectivity index (χ2n) is 12.6. The summed E-state index contributed by atoms with van der Waals surface area (Å²) in [5.41, 5.74) is 10.9. The largest absolute Gasteiger partial charge is 0.392 e. The van der Waals surface area contributed by atoms with Crippen molar-refractivity contribution in [1.82, 2.24) is 0 Å². The Bertz CT molecular complexity index is 1350. The predicted molar refractivity (Wildman–Crippen MR) is 174 cm³/mol. The highest BCUT2D eigenvalue weighted by molar-refractivity contribution is 9.10. The molecule has 43 heavy (non-hydrogen) atoms. The van der Waals surface area contributed by atoms with Gasteiger partial charge >= 0.3 is 0 Å². The van der Waals surface area contributed by atoms with E-state index in [-0.39, 0.29) is 24.7 Å². The fraction of sp³-hybridized carbons (Fsp3) is 0.455. The summed E-state index contributed by atoms with van der Waals surface area (Å²) >= 11 is 3.50. The summed E-state index contributed by atoms with van der Waals surface area (Å²) in [7, 11) is -2.41. The lowest BCUT2D eigenvalue weighted by Crippen LogP contribution is -2.69. The quantitative estimate of drug-likeness (QED) is 0.0913. The number of azide groups is 1. The zero-order valence-electron chi connectivity index (χ0n) is 25.5. The molecule has 4 rings (SSSR count). The van der Waals surface area contributed by atoms with E-state index in [1.807, 2.05) is 84.9 Å². The molecular weight excluding hydrogens is 626 g/mol. The number of rotatable bonds is 12. The van der Waals surface area contributed by atoms with Crippen LogP contribution in [0.5, 0.6) is 0 Å². The van der Waals surface area contributed by atoms with Crippen molar-refractivity contribution in [2.45, 2.75) is 88.7 Å². The normalized spacial score (nSPS) is 24.3.